The van der Waals surface area contributed by atoms with Crippen molar-refractivity contribution in [2.24, 2.45) is 5.73 Å². The Hall–Kier alpha value is -0.220. The van der Waals surface area contributed by atoms with Crippen LogP contribution in [0.4, 0.5) is 0 Å². The first kappa shape index (κ1) is 10.8. The second-order valence-electron chi connectivity index (χ2n) is 2.55. The molecule has 0 aliphatic carbocycles. The van der Waals surface area contributed by atoms with Gasteiger partial charge in [-0.05, 0) is 6.92 Å². The molecule has 0 saturated carbocycles. The van der Waals surface area contributed by atoms with Crippen molar-refractivity contribution in [3.63, 3.8) is 0 Å². The van der Waals surface area contributed by atoms with E-state index in [1.165, 1.54) is 0 Å². The van der Waals surface area contributed by atoms with Gasteiger partial charge in [0.1, 0.15) is 0 Å². The number of nitrogens with two attached hydrogens (primary N) is 1. The monoisotopic (exact) mass is 176 g/mol. The Morgan fingerprint density at radius 3 is 2.55 bits per heavy atom. The lowest BCUT2D eigenvalue weighted by Crippen LogP contribution is -2.29. The molecule has 2 unspecified atom stereocenters. The second kappa shape index (κ2) is 5.43. The molecule has 3 nitrogen and oxygen atoms in total. The first-order valence-corrected chi connectivity index (χ1v) is 4.70. The predicted octanol–water partition coefficient (Wildman–Crippen LogP) is 0.201. The van der Waals surface area contributed by atoms with Crippen LogP contribution in [0.3, 0.4) is 0 Å². The van der Waals surface area contributed by atoms with Gasteiger partial charge in [0.05, 0.1) is 5.75 Å². The van der Waals surface area contributed by atoms with Crippen molar-refractivity contribution >= 4 is 17.7 Å². The highest BCUT2D eigenvalue weighted by molar-refractivity contribution is 8.00. The highest BCUT2D eigenvalue weighted by Gasteiger charge is 2.09. The molecule has 66 valence electrons. The smallest absolute Gasteiger partial charge is 0.229 e. The molecule has 0 fully saturated rings. The van der Waals surface area contributed by atoms with E-state index in [4.69, 9.17) is 5.73 Å². The van der Waals surface area contributed by atoms with Gasteiger partial charge in [-0.25, -0.2) is 0 Å². The SMILES string of the molecule is CNC(=O)CSC(C)C(C)N. The third-order valence-corrected chi connectivity index (χ3v) is 2.88. The van der Waals surface area contributed by atoms with Crippen molar-refractivity contribution in [1.82, 2.24) is 5.32 Å². The summed E-state index contributed by atoms with van der Waals surface area (Å²) in [6.07, 6.45) is 0. The van der Waals surface area contributed by atoms with Crippen molar-refractivity contribution in [3.8, 4) is 0 Å². The van der Waals surface area contributed by atoms with Crippen LogP contribution in [0.15, 0.2) is 0 Å². The maximum absolute atomic E-state index is 10.8. The van der Waals surface area contributed by atoms with Gasteiger partial charge in [0.15, 0.2) is 0 Å². The molecule has 0 aromatic rings. The van der Waals surface area contributed by atoms with Crippen molar-refractivity contribution in [2.75, 3.05) is 12.8 Å². The van der Waals surface area contributed by atoms with Crippen LogP contribution >= 0.6 is 11.8 Å². The summed E-state index contributed by atoms with van der Waals surface area (Å²) in [5, 5.41) is 2.90. The summed E-state index contributed by atoms with van der Waals surface area (Å²) in [4.78, 5) is 10.8. The highest BCUT2D eigenvalue weighted by atomic mass is 32.2. The molecule has 0 heterocycles. The van der Waals surface area contributed by atoms with E-state index in [2.05, 4.69) is 5.32 Å². The molecule has 0 aliphatic heterocycles. The fourth-order valence-electron chi connectivity index (χ4n) is 0.431. The number of amides is 1. The maximum atomic E-state index is 10.8. The van der Waals surface area contributed by atoms with Crippen molar-refractivity contribution in [2.45, 2.75) is 25.1 Å². The molecule has 0 saturated heterocycles. The molecule has 0 aromatic heterocycles. The Labute approximate surface area is 72.1 Å². The van der Waals surface area contributed by atoms with Crippen LogP contribution < -0.4 is 11.1 Å². The normalized spacial score (nSPS) is 15.6. The van der Waals surface area contributed by atoms with E-state index in [9.17, 15) is 4.79 Å². The van der Waals surface area contributed by atoms with E-state index >= 15 is 0 Å². The molecule has 4 heteroatoms. The molecule has 3 N–H and O–H groups in total. The lowest BCUT2D eigenvalue weighted by atomic mass is 10.3. The molecular weight excluding hydrogens is 160 g/mol. The molecule has 0 aromatic carbocycles. The van der Waals surface area contributed by atoms with E-state index in [0.29, 0.717) is 11.0 Å². The van der Waals surface area contributed by atoms with Crippen LogP contribution in [-0.2, 0) is 4.79 Å². The minimum Gasteiger partial charge on any atom is -0.358 e. The van der Waals surface area contributed by atoms with Gasteiger partial charge in [-0.3, -0.25) is 4.79 Å². The van der Waals surface area contributed by atoms with Gasteiger partial charge in [-0.1, -0.05) is 6.92 Å². The Morgan fingerprint density at radius 2 is 2.18 bits per heavy atom. The van der Waals surface area contributed by atoms with Gasteiger partial charge in [0.25, 0.3) is 0 Å². The summed E-state index contributed by atoms with van der Waals surface area (Å²) < 4.78 is 0. The zero-order valence-corrected chi connectivity index (χ0v) is 8.07. The Balaban J connectivity index is 3.45. The quantitative estimate of drug-likeness (QED) is 0.643. The minimum absolute atomic E-state index is 0.0579. The molecular formula is C7H16N2OS. The summed E-state index contributed by atoms with van der Waals surface area (Å²) in [7, 11) is 1.64. The lowest BCUT2D eigenvalue weighted by molar-refractivity contribution is -0.118. The summed E-state index contributed by atoms with van der Waals surface area (Å²) in [5.41, 5.74) is 5.61. The predicted molar refractivity (Wildman–Crippen MR) is 49.6 cm³/mol. The van der Waals surface area contributed by atoms with Crippen LogP contribution in [0.1, 0.15) is 13.8 Å². The summed E-state index contributed by atoms with van der Waals surface area (Å²) in [6.45, 7) is 3.97. The van der Waals surface area contributed by atoms with Gasteiger partial charge in [0, 0.05) is 18.3 Å². The maximum Gasteiger partial charge on any atom is 0.229 e. The van der Waals surface area contributed by atoms with Crippen LogP contribution in [0, 0.1) is 0 Å². The molecule has 0 bridgehead atoms. The number of carbonyl (C=O) groups is 1. The van der Waals surface area contributed by atoms with Gasteiger partial charge >= 0.3 is 0 Å². The number of rotatable bonds is 4. The van der Waals surface area contributed by atoms with Crippen LogP contribution in [0.5, 0.6) is 0 Å². The third kappa shape index (κ3) is 5.09. The first-order chi connectivity index (χ1) is 5.07. The summed E-state index contributed by atoms with van der Waals surface area (Å²) >= 11 is 1.58. The van der Waals surface area contributed by atoms with Crippen molar-refractivity contribution in [3.05, 3.63) is 0 Å². The molecule has 0 aliphatic rings. The van der Waals surface area contributed by atoms with Gasteiger partial charge < -0.3 is 11.1 Å². The van der Waals surface area contributed by atoms with E-state index in [-0.39, 0.29) is 11.9 Å². The summed E-state index contributed by atoms with van der Waals surface area (Å²) in [5.74, 6) is 0.557. The molecule has 11 heavy (non-hydrogen) atoms. The summed E-state index contributed by atoms with van der Waals surface area (Å²) in [6, 6.07) is 0.143. The van der Waals surface area contributed by atoms with E-state index in [0.717, 1.165) is 0 Å². The van der Waals surface area contributed by atoms with Crippen LogP contribution in [0.25, 0.3) is 0 Å². The third-order valence-electron chi connectivity index (χ3n) is 1.50. The molecule has 0 rings (SSSR count). The topological polar surface area (TPSA) is 55.1 Å². The van der Waals surface area contributed by atoms with Crippen LogP contribution in [0.2, 0.25) is 0 Å². The number of hydrogen-bond donors (Lipinski definition) is 2. The average Bonchev–Trinajstić information content (AvgIpc) is 1.99. The zero-order chi connectivity index (χ0) is 8.85. The molecule has 2 atom stereocenters. The Kier molecular flexibility index (Phi) is 5.32. The fraction of sp³-hybridized carbons (Fsp3) is 0.857. The first-order valence-electron chi connectivity index (χ1n) is 3.65. The van der Waals surface area contributed by atoms with E-state index in [1.54, 1.807) is 18.8 Å². The van der Waals surface area contributed by atoms with Gasteiger partial charge in [-0.2, -0.15) is 0 Å². The standard InChI is InChI=1S/C7H16N2OS/c1-5(8)6(2)11-4-7(10)9-3/h5-6H,4,8H2,1-3H3,(H,9,10). The largest absolute Gasteiger partial charge is 0.358 e. The second-order valence-corrected chi connectivity index (χ2v) is 3.91. The lowest BCUT2D eigenvalue weighted by Gasteiger charge is -2.13. The molecule has 0 radical (unpaired) electrons. The molecule has 1 amide bonds. The van der Waals surface area contributed by atoms with Crippen LogP contribution in [-0.4, -0.2) is 30.0 Å². The Bertz CT molecular complexity index is 128. The highest BCUT2D eigenvalue weighted by Crippen LogP contribution is 2.11. The number of carbonyl (C=O) groups excluding carboxylic acids is 1. The Morgan fingerprint density at radius 1 is 1.64 bits per heavy atom. The number of nitrogens with one attached hydrogen (secondary N) is 1. The fourth-order valence-corrected chi connectivity index (χ4v) is 1.29. The molecule has 0 spiro atoms. The van der Waals surface area contributed by atoms with E-state index < -0.39 is 0 Å². The average molecular weight is 176 g/mol. The minimum atomic E-state index is 0.0579. The van der Waals surface area contributed by atoms with Crippen molar-refractivity contribution in [1.29, 1.82) is 0 Å². The van der Waals surface area contributed by atoms with Gasteiger partial charge in [0.2, 0.25) is 5.91 Å². The zero-order valence-electron chi connectivity index (χ0n) is 7.26. The number of hydrogen-bond acceptors (Lipinski definition) is 3. The van der Waals surface area contributed by atoms with Gasteiger partial charge in [-0.15, -0.1) is 11.8 Å². The van der Waals surface area contributed by atoms with E-state index in [1.807, 2.05) is 13.8 Å². The van der Waals surface area contributed by atoms with Crippen molar-refractivity contribution < 1.29 is 4.79 Å². The number of thioether (sulfide) groups is 1.